The van der Waals surface area contributed by atoms with Crippen LogP contribution in [0.15, 0.2) is 30.3 Å². The number of methoxy groups -OCH3 is 1. The van der Waals surface area contributed by atoms with E-state index in [0.717, 1.165) is 35.9 Å². The maximum Gasteiger partial charge on any atom is 0.310 e. The second kappa shape index (κ2) is 6.18. The lowest BCUT2D eigenvalue weighted by atomic mass is 10.1. The van der Waals surface area contributed by atoms with Gasteiger partial charge in [-0.2, -0.15) is 0 Å². The molecule has 2 aromatic rings. The van der Waals surface area contributed by atoms with Crippen molar-refractivity contribution in [2.45, 2.75) is 19.4 Å². The third-order valence-corrected chi connectivity index (χ3v) is 4.50. The monoisotopic (exact) mass is 303 g/mol. The first-order valence-corrected chi connectivity index (χ1v) is 7.70. The molecule has 21 heavy (non-hydrogen) atoms. The van der Waals surface area contributed by atoms with Crippen molar-refractivity contribution >= 4 is 23.0 Å². The molecular weight excluding hydrogens is 286 g/mol. The van der Waals surface area contributed by atoms with E-state index in [-0.39, 0.29) is 5.97 Å². The topological polar surface area (TPSA) is 47.6 Å². The van der Waals surface area contributed by atoms with Gasteiger partial charge in [0, 0.05) is 28.4 Å². The molecule has 1 aliphatic heterocycles. The van der Waals surface area contributed by atoms with Gasteiger partial charge in [0.2, 0.25) is 0 Å². The fourth-order valence-corrected chi connectivity index (χ4v) is 3.26. The molecule has 5 heteroatoms. The average Bonchev–Trinajstić information content (AvgIpc) is 3.13. The third-order valence-electron chi connectivity index (χ3n) is 3.42. The number of thiophene rings is 1. The zero-order valence-corrected chi connectivity index (χ0v) is 12.7. The molecule has 0 radical (unpaired) electrons. The molecule has 110 valence electrons. The Morgan fingerprint density at radius 2 is 2.19 bits per heavy atom. The highest BCUT2D eigenvalue weighted by Crippen LogP contribution is 2.28. The van der Waals surface area contributed by atoms with Crippen molar-refractivity contribution in [3.8, 4) is 5.75 Å². The van der Waals surface area contributed by atoms with Crippen LogP contribution in [-0.2, 0) is 28.9 Å². The lowest BCUT2D eigenvalue weighted by Crippen LogP contribution is -2.02. The van der Waals surface area contributed by atoms with Crippen LogP contribution in [0.25, 0.3) is 0 Å². The van der Waals surface area contributed by atoms with Crippen molar-refractivity contribution in [2.24, 2.45) is 0 Å². The molecule has 0 spiro atoms. The summed E-state index contributed by atoms with van der Waals surface area (Å²) in [5, 5.41) is 3.41. The van der Waals surface area contributed by atoms with Gasteiger partial charge in [-0.3, -0.25) is 4.79 Å². The second-order valence-electron chi connectivity index (χ2n) is 4.90. The van der Waals surface area contributed by atoms with Crippen LogP contribution < -0.4 is 10.1 Å². The lowest BCUT2D eigenvalue weighted by molar-refractivity contribution is -0.139. The van der Waals surface area contributed by atoms with Crippen LogP contribution in [0.3, 0.4) is 0 Å². The molecule has 0 fully saturated rings. The van der Waals surface area contributed by atoms with Gasteiger partial charge in [0.25, 0.3) is 0 Å². The largest absolute Gasteiger partial charge is 0.493 e. The molecule has 0 unspecified atom stereocenters. The molecule has 0 atom stereocenters. The molecule has 1 aromatic carbocycles. The first kappa shape index (κ1) is 13.9. The van der Waals surface area contributed by atoms with Gasteiger partial charge in [-0.25, -0.2) is 0 Å². The van der Waals surface area contributed by atoms with Gasteiger partial charge < -0.3 is 14.8 Å². The number of nitrogens with one attached hydrogen (secondary N) is 1. The van der Waals surface area contributed by atoms with Gasteiger partial charge in [0.05, 0.1) is 20.1 Å². The highest BCUT2D eigenvalue weighted by Gasteiger charge is 2.12. The molecule has 0 saturated heterocycles. The van der Waals surface area contributed by atoms with Gasteiger partial charge in [-0.1, -0.05) is 0 Å². The first-order valence-electron chi connectivity index (χ1n) is 6.88. The van der Waals surface area contributed by atoms with Crippen LogP contribution >= 0.6 is 11.3 Å². The average molecular weight is 303 g/mol. The van der Waals surface area contributed by atoms with Gasteiger partial charge in [0.15, 0.2) is 0 Å². The molecule has 3 rings (SSSR count). The number of ether oxygens (including phenoxy) is 2. The minimum Gasteiger partial charge on any atom is -0.493 e. The van der Waals surface area contributed by atoms with Crippen LogP contribution in [0.4, 0.5) is 5.69 Å². The molecule has 0 bridgehead atoms. The molecule has 0 aliphatic carbocycles. The van der Waals surface area contributed by atoms with Crippen molar-refractivity contribution in [2.75, 3.05) is 19.0 Å². The summed E-state index contributed by atoms with van der Waals surface area (Å²) >= 11 is 1.63. The van der Waals surface area contributed by atoms with Crippen molar-refractivity contribution in [1.82, 2.24) is 0 Å². The summed E-state index contributed by atoms with van der Waals surface area (Å²) in [6, 6.07) is 10.2. The van der Waals surface area contributed by atoms with Crippen molar-refractivity contribution in [3.63, 3.8) is 0 Å². The number of carbonyl (C=O) groups excluding carboxylic acids is 1. The zero-order valence-electron chi connectivity index (χ0n) is 11.8. The summed E-state index contributed by atoms with van der Waals surface area (Å²) in [4.78, 5) is 13.5. The summed E-state index contributed by atoms with van der Waals surface area (Å²) in [6.07, 6.45) is 1.32. The maximum absolute atomic E-state index is 11.2. The van der Waals surface area contributed by atoms with Crippen LogP contribution in [0.1, 0.15) is 15.3 Å². The Balaban J connectivity index is 1.59. The van der Waals surface area contributed by atoms with Gasteiger partial charge in [-0.05, 0) is 35.9 Å². The molecule has 1 aliphatic rings. The number of anilines is 1. The standard InChI is InChI=1S/C16H17NO3S/c1-19-16(18)9-13-3-4-14(21-13)10-17-12-2-5-15-11(8-12)6-7-20-15/h2-5,8,17H,6-7,9-10H2,1H3. The van der Waals surface area contributed by atoms with Crippen molar-refractivity contribution in [1.29, 1.82) is 0 Å². The van der Waals surface area contributed by atoms with Crippen LogP contribution in [0.5, 0.6) is 5.75 Å². The summed E-state index contributed by atoms with van der Waals surface area (Å²) in [5.74, 6) is 0.798. The number of fused-ring (bicyclic) bond motifs is 1. The number of rotatable bonds is 5. The van der Waals surface area contributed by atoms with Gasteiger partial charge in [-0.15, -0.1) is 11.3 Å². The smallest absolute Gasteiger partial charge is 0.310 e. The summed E-state index contributed by atoms with van der Waals surface area (Å²) in [7, 11) is 1.41. The van der Waals surface area contributed by atoms with E-state index >= 15 is 0 Å². The lowest BCUT2D eigenvalue weighted by Gasteiger charge is -2.06. The number of hydrogen-bond donors (Lipinski definition) is 1. The summed E-state index contributed by atoms with van der Waals surface area (Å²) in [6.45, 7) is 1.53. The fraction of sp³-hybridized carbons (Fsp3) is 0.312. The van der Waals surface area contributed by atoms with E-state index in [0.29, 0.717) is 6.42 Å². The molecule has 0 saturated carbocycles. The third kappa shape index (κ3) is 3.36. The van der Waals surface area contributed by atoms with Gasteiger partial charge >= 0.3 is 5.97 Å². The Morgan fingerprint density at radius 1 is 1.33 bits per heavy atom. The number of benzene rings is 1. The first-order chi connectivity index (χ1) is 10.2. The van der Waals surface area contributed by atoms with E-state index in [2.05, 4.69) is 16.1 Å². The molecular formula is C16H17NO3S. The predicted molar refractivity (Wildman–Crippen MR) is 83.0 cm³/mol. The Hall–Kier alpha value is -2.01. The number of carbonyl (C=O) groups is 1. The second-order valence-corrected chi connectivity index (χ2v) is 6.15. The van der Waals surface area contributed by atoms with Crippen LogP contribution in [-0.4, -0.2) is 19.7 Å². The Bertz CT molecular complexity index is 651. The highest BCUT2D eigenvalue weighted by atomic mass is 32.1. The highest BCUT2D eigenvalue weighted by molar-refractivity contribution is 7.12. The van der Waals surface area contributed by atoms with Crippen LogP contribution in [0.2, 0.25) is 0 Å². The van der Waals surface area contributed by atoms with E-state index < -0.39 is 0 Å². The molecule has 4 nitrogen and oxygen atoms in total. The SMILES string of the molecule is COC(=O)Cc1ccc(CNc2ccc3c(c2)CCO3)s1. The Kier molecular flexibility index (Phi) is 4.10. The van der Waals surface area contributed by atoms with E-state index in [1.54, 1.807) is 11.3 Å². The van der Waals surface area contributed by atoms with Crippen molar-refractivity contribution in [3.05, 3.63) is 45.6 Å². The molecule has 2 heterocycles. The van der Waals surface area contributed by atoms with E-state index in [1.807, 2.05) is 24.3 Å². The number of esters is 1. The van der Waals surface area contributed by atoms with Gasteiger partial charge in [0.1, 0.15) is 5.75 Å². The van der Waals surface area contributed by atoms with E-state index in [9.17, 15) is 4.79 Å². The quantitative estimate of drug-likeness (QED) is 0.863. The summed E-state index contributed by atoms with van der Waals surface area (Å²) < 4.78 is 10.2. The van der Waals surface area contributed by atoms with Crippen LogP contribution in [0, 0.1) is 0 Å². The zero-order chi connectivity index (χ0) is 14.7. The predicted octanol–water partition coefficient (Wildman–Crippen LogP) is 3.01. The maximum atomic E-state index is 11.2. The molecule has 1 N–H and O–H groups in total. The minimum atomic E-state index is -0.199. The van der Waals surface area contributed by atoms with E-state index in [1.165, 1.54) is 17.6 Å². The Labute approximate surface area is 127 Å². The normalized spacial score (nSPS) is 12.6. The molecule has 1 aromatic heterocycles. The molecule has 0 amide bonds. The summed E-state index contributed by atoms with van der Waals surface area (Å²) in [5.41, 5.74) is 2.36. The van der Waals surface area contributed by atoms with Crippen molar-refractivity contribution < 1.29 is 14.3 Å². The fourth-order valence-electron chi connectivity index (χ4n) is 2.31. The Morgan fingerprint density at radius 3 is 3.05 bits per heavy atom. The minimum absolute atomic E-state index is 0.199. The van der Waals surface area contributed by atoms with E-state index in [4.69, 9.17) is 4.74 Å². The number of hydrogen-bond acceptors (Lipinski definition) is 5.